The Kier molecular flexibility index (Phi) is 5.87. The maximum atomic E-state index is 6.27. The average molecular weight is 613 g/mol. The highest BCUT2D eigenvalue weighted by atomic mass is 16.3. The number of para-hydroxylation sites is 2. The molecule has 7 aromatic carbocycles. The lowest BCUT2D eigenvalue weighted by molar-refractivity contribution is 0.656. The van der Waals surface area contributed by atoms with Crippen LogP contribution in [0.2, 0.25) is 0 Å². The first kappa shape index (κ1) is 26.7. The highest BCUT2D eigenvalue weighted by Gasteiger charge is 2.19. The van der Waals surface area contributed by atoms with Crippen molar-refractivity contribution < 1.29 is 4.42 Å². The van der Waals surface area contributed by atoms with Crippen molar-refractivity contribution in [2.45, 2.75) is 0 Å². The number of nitrogens with zero attached hydrogens (tertiary/aromatic N) is 2. The molecule has 0 spiro atoms. The fourth-order valence-corrected chi connectivity index (χ4v) is 7.38. The molecule has 0 N–H and O–H groups in total. The predicted octanol–water partition coefficient (Wildman–Crippen LogP) is 12.2. The van der Waals surface area contributed by atoms with E-state index >= 15 is 0 Å². The molecule has 0 aliphatic carbocycles. The molecule has 3 heterocycles. The van der Waals surface area contributed by atoms with Gasteiger partial charge in [-0.05, 0) is 76.3 Å². The van der Waals surface area contributed by atoms with E-state index in [1.165, 1.54) is 44.1 Å². The molecule has 0 fully saturated rings. The number of fused-ring (bicyclic) bond motifs is 7. The number of hydrogen-bond acceptors (Lipinski definition) is 2. The summed E-state index contributed by atoms with van der Waals surface area (Å²) in [4.78, 5) is 4.91. The van der Waals surface area contributed by atoms with Gasteiger partial charge in [0.05, 0.1) is 21.9 Å². The molecule has 10 rings (SSSR count). The highest BCUT2D eigenvalue weighted by Crippen LogP contribution is 2.42. The smallest absolute Gasteiger partial charge is 0.228 e. The molecule has 224 valence electrons. The summed E-state index contributed by atoms with van der Waals surface area (Å²) in [7, 11) is 0. The summed E-state index contributed by atoms with van der Waals surface area (Å²) in [5, 5.41) is 5.72. The van der Waals surface area contributed by atoms with Crippen LogP contribution in [0.5, 0.6) is 0 Å². The molecule has 3 heteroatoms. The maximum absolute atomic E-state index is 6.27. The molecule has 0 saturated carbocycles. The van der Waals surface area contributed by atoms with Gasteiger partial charge in [-0.2, -0.15) is 0 Å². The van der Waals surface area contributed by atoms with E-state index in [1.807, 2.05) is 18.2 Å². The monoisotopic (exact) mass is 612 g/mol. The number of pyridine rings is 1. The quantitative estimate of drug-likeness (QED) is 0.198. The first-order chi connectivity index (χ1) is 23.8. The predicted molar refractivity (Wildman–Crippen MR) is 200 cm³/mol. The van der Waals surface area contributed by atoms with Gasteiger partial charge in [0.2, 0.25) is 5.71 Å². The summed E-state index contributed by atoms with van der Waals surface area (Å²) >= 11 is 0. The minimum atomic E-state index is 0.666. The van der Waals surface area contributed by atoms with Gasteiger partial charge in [-0.15, -0.1) is 0 Å². The molecular formula is C45H28N2O. The van der Waals surface area contributed by atoms with Crippen molar-refractivity contribution in [1.29, 1.82) is 0 Å². The molecule has 0 radical (unpaired) electrons. The SMILES string of the molecule is c1ccc(-c2ccc3c(c2)c2cc(-c4ccccc4)ccc2n3-c2ccc(-c3c4ccccc4nc4oc5ccccc5c34)cc2)cc1. The molecular weight excluding hydrogens is 585 g/mol. The van der Waals surface area contributed by atoms with E-state index in [4.69, 9.17) is 9.40 Å². The van der Waals surface area contributed by atoms with Gasteiger partial charge in [-0.1, -0.05) is 121 Å². The fourth-order valence-electron chi connectivity index (χ4n) is 7.38. The molecule has 0 aliphatic heterocycles. The van der Waals surface area contributed by atoms with Gasteiger partial charge in [0, 0.05) is 32.8 Å². The Labute approximate surface area is 277 Å². The first-order valence-corrected chi connectivity index (χ1v) is 16.3. The first-order valence-electron chi connectivity index (χ1n) is 16.3. The third-order valence-electron chi connectivity index (χ3n) is 9.62. The molecule has 48 heavy (non-hydrogen) atoms. The lowest BCUT2D eigenvalue weighted by Gasteiger charge is -2.12. The second-order valence-electron chi connectivity index (χ2n) is 12.4. The van der Waals surface area contributed by atoms with Gasteiger partial charge in [0.1, 0.15) is 5.58 Å². The van der Waals surface area contributed by atoms with Gasteiger partial charge in [0.25, 0.3) is 0 Å². The summed E-state index contributed by atoms with van der Waals surface area (Å²) in [6, 6.07) is 60.5. The third-order valence-corrected chi connectivity index (χ3v) is 9.62. The van der Waals surface area contributed by atoms with E-state index in [1.54, 1.807) is 0 Å². The molecule has 0 unspecified atom stereocenters. The van der Waals surface area contributed by atoms with Crippen LogP contribution in [0.15, 0.2) is 174 Å². The van der Waals surface area contributed by atoms with E-state index in [2.05, 4.69) is 156 Å². The number of benzene rings is 7. The Morgan fingerprint density at radius 2 is 0.958 bits per heavy atom. The van der Waals surface area contributed by atoms with Crippen LogP contribution < -0.4 is 0 Å². The van der Waals surface area contributed by atoms with Crippen molar-refractivity contribution in [1.82, 2.24) is 9.55 Å². The van der Waals surface area contributed by atoms with Gasteiger partial charge < -0.3 is 8.98 Å². The van der Waals surface area contributed by atoms with Crippen LogP contribution >= 0.6 is 0 Å². The number of aromatic nitrogens is 2. The normalized spacial score (nSPS) is 11.8. The largest absolute Gasteiger partial charge is 0.438 e. The average Bonchev–Trinajstić information content (AvgIpc) is 3.69. The van der Waals surface area contributed by atoms with Crippen LogP contribution in [-0.2, 0) is 0 Å². The van der Waals surface area contributed by atoms with E-state index in [0.29, 0.717) is 5.71 Å². The highest BCUT2D eigenvalue weighted by molar-refractivity contribution is 6.18. The lowest BCUT2D eigenvalue weighted by atomic mass is 9.96. The van der Waals surface area contributed by atoms with Gasteiger partial charge in [-0.25, -0.2) is 4.98 Å². The maximum Gasteiger partial charge on any atom is 0.228 e. The number of rotatable bonds is 4. The van der Waals surface area contributed by atoms with Crippen LogP contribution in [0.3, 0.4) is 0 Å². The fraction of sp³-hybridized carbons (Fsp3) is 0. The van der Waals surface area contributed by atoms with Crippen molar-refractivity contribution in [3.63, 3.8) is 0 Å². The van der Waals surface area contributed by atoms with Crippen molar-refractivity contribution in [2.75, 3.05) is 0 Å². The zero-order chi connectivity index (χ0) is 31.6. The molecule has 0 aliphatic rings. The van der Waals surface area contributed by atoms with Crippen molar-refractivity contribution in [3.05, 3.63) is 170 Å². The third kappa shape index (κ3) is 4.11. The summed E-state index contributed by atoms with van der Waals surface area (Å²) in [5.41, 5.74) is 13.1. The van der Waals surface area contributed by atoms with Crippen molar-refractivity contribution in [2.24, 2.45) is 0 Å². The van der Waals surface area contributed by atoms with Crippen LogP contribution in [0.25, 0.3) is 93.8 Å². The Bertz CT molecular complexity index is 2710. The molecule has 3 aromatic heterocycles. The lowest BCUT2D eigenvalue weighted by Crippen LogP contribution is -1.94. The van der Waals surface area contributed by atoms with E-state index in [9.17, 15) is 0 Å². The van der Waals surface area contributed by atoms with E-state index in [-0.39, 0.29) is 0 Å². The summed E-state index contributed by atoms with van der Waals surface area (Å²) in [6.07, 6.45) is 0. The Balaban J connectivity index is 1.19. The summed E-state index contributed by atoms with van der Waals surface area (Å²) in [6.45, 7) is 0. The zero-order valence-electron chi connectivity index (χ0n) is 26.0. The molecule has 0 bridgehead atoms. The Hall–Kier alpha value is -6.45. The Morgan fingerprint density at radius 1 is 0.417 bits per heavy atom. The topological polar surface area (TPSA) is 31.0 Å². The van der Waals surface area contributed by atoms with Gasteiger partial charge in [-0.3, -0.25) is 0 Å². The van der Waals surface area contributed by atoms with Crippen LogP contribution in [0.4, 0.5) is 0 Å². The van der Waals surface area contributed by atoms with E-state index < -0.39 is 0 Å². The number of furan rings is 1. The Morgan fingerprint density at radius 3 is 1.60 bits per heavy atom. The minimum absolute atomic E-state index is 0.666. The molecule has 0 amide bonds. The van der Waals surface area contributed by atoms with Gasteiger partial charge in [0.15, 0.2) is 0 Å². The minimum Gasteiger partial charge on any atom is -0.438 e. The van der Waals surface area contributed by atoms with E-state index in [0.717, 1.165) is 44.1 Å². The summed E-state index contributed by atoms with van der Waals surface area (Å²) in [5.74, 6) is 0. The molecule has 0 saturated heterocycles. The molecule has 0 atom stereocenters. The molecule has 10 aromatic rings. The van der Waals surface area contributed by atoms with Crippen LogP contribution in [0, 0.1) is 0 Å². The zero-order valence-corrected chi connectivity index (χ0v) is 26.0. The van der Waals surface area contributed by atoms with Gasteiger partial charge >= 0.3 is 0 Å². The van der Waals surface area contributed by atoms with Crippen LogP contribution in [0.1, 0.15) is 0 Å². The standard InChI is InChI=1S/C45H28N2O/c1-3-11-29(12-4-1)32-21-25-40-37(27-32)38-28-33(30-13-5-2-6-14-30)22-26-41(38)47(40)34-23-19-31(20-24-34)43-35-15-7-9-17-39(35)46-45-44(43)36-16-8-10-18-42(36)48-45/h1-28H. The van der Waals surface area contributed by atoms with Crippen LogP contribution in [-0.4, -0.2) is 9.55 Å². The van der Waals surface area contributed by atoms with Crippen molar-refractivity contribution in [3.8, 4) is 39.1 Å². The molecule has 3 nitrogen and oxygen atoms in total. The second-order valence-corrected chi connectivity index (χ2v) is 12.4. The summed E-state index contributed by atoms with van der Waals surface area (Å²) < 4.78 is 8.66. The number of hydrogen-bond donors (Lipinski definition) is 0. The van der Waals surface area contributed by atoms with Crippen molar-refractivity contribution >= 4 is 54.8 Å². The second kappa shape index (κ2) is 10.5.